The number of hydrogen-bond donors (Lipinski definition) is 1. The van der Waals surface area contributed by atoms with Crippen molar-refractivity contribution in [1.29, 1.82) is 0 Å². The van der Waals surface area contributed by atoms with E-state index in [2.05, 4.69) is 15.2 Å². The maximum absolute atomic E-state index is 12.8. The highest BCUT2D eigenvalue weighted by atomic mass is 35.5. The van der Waals surface area contributed by atoms with Crippen LogP contribution in [0.25, 0.3) is 0 Å². The van der Waals surface area contributed by atoms with E-state index in [0.29, 0.717) is 53.4 Å². The third-order valence-electron chi connectivity index (χ3n) is 4.81. The molecule has 6 nitrogen and oxygen atoms in total. The van der Waals surface area contributed by atoms with Crippen molar-refractivity contribution in [3.8, 4) is 11.5 Å². The van der Waals surface area contributed by atoms with Gasteiger partial charge < -0.3 is 19.9 Å². The minimum atomic E-state index is -0.175. The molecule has 30 heavy (non-hydrogen) atoms. The number of urea groups is 1. The molecular formula is C22H20Cl2N4O2. The van der Waals surface area contributed by atoms with Crippen molar-refractivity contribution in [3.63, 3.8) is 0 Å². The molecule has 0 spiro atoms. The van der Waals surface area contributed by atoms with Gasteiger partial charge in [-0.15, -0.1) is 0 Å². The Morgan fingerprint density at radius 3 is 2.23 bits per heavy atom. The fourth-order valence-electron chi connectivity index (χ4n) is 3.31. The molecule has 3 aromatic rings. The first-order valence-corrected chi connectivity index (χ1v) is 10.3. The monoisotopic (exact) mass is 442 g/mol. The van der Waals surface area contributed by atoms with Gasteiger partial charge in [-0.05, 0) is 24.3 Å². The van der Waals surface area contributed by atoms with Crippen molar-refractivity contribution in [2.24, 2.45) is 0 Å². The molecule has 1 saturated heterocycles. The molecule has 0 atom stereocenters. The van der Waals surface area contributed by atoms with Gasteiger partial charge in [-0.25, -0.2) is 4.79 Å². The van der Waals surface area contributed by atoms with Gasteiger partial charge in [0.1, 0.15) is 5.75 Å². The SMILES string of the molecule is O=C(Nc1ccccc1Oc1ccccc1)N1CCN(c2c(Cl)cncc2Cl)CC1. The number of rotatable bonds is 4. The van der Waals surface area contributed by atoms with E-state index < -0.39 is 0 Å². The molecule has 8 heteroatoms. The predicted octanol–water partition coefficient (Wildman–Crippen LogP) is 5.53. The molecule has 2 amide bonds. The standard InChI is InChI=1S/C22H20Cl2N4O2/c23-17-14-25-15-18(24)21(17)27-10-12-28(13-11-27)22(29)26-19-8-4-5-9-20(19)30-16-6-2-1-3-7-16/h1-9,14-15H,10-13H2,(H,26,29). The molecule has 2 heterocycles. The summed E-state index contributed by atoms with van der Waals surface area (Å²) in [5, 5.41) is 3.97. The van der Waals surface area contributed by atoms with E-state index in [1.54, 1.807) is 17.3 Å². The van der Waals surface area contributed by atoms with Gasteiger partial charge in [0, 0.05) is 38.6 Å². The number of pyridine rings is 1. The number of amides is 2. The van der Waals surface area contributed by atoms with Crippen molar-refractivity contribution in [1.82, 2.24) is 9.88 Å². The van der Waals surface area contributed by atoms with Crippen LogP contribution in [0.1, 0.15) is 0 Å². The summed E-state index contributed by atoms with van der Waals surface area (Å²) >= 11 is 12.5. The summed E-state index contributed by atoms with van der Waals surface area (Å²) in [4.78, 5) is 20.7. The lowest BCUT2D eigenvalue weighted by Gasteiger charge is -2.36. The van der Waals surface area contributed by atoms with Gasteiger partial charge in [0.15, 0.2) is 5.75 Å². The number of nitrogens with zero attached hydrogens (tertiary/aromatic N) is 3. The Morgan fingerprint density at radius 2 is 1.53 bits per heavy atom. The van der Waals surface area contributed by atoms with E-state index in [-0.39, 0.29) is 6.03 Å². The average Bonchev–Trinajstić information content (AvgIpc) is 2.76. The molecule has 1 aliphatic rings. The highest BCUT2D eigenvalue weighted by Gasteiger charge is 2.24. The predicted molar refractivity (Wildman–Crippen MR) is 120 cm³/mol. The van der Waals surface area contributed by atoms with Crippen molar-refractivity contribution in [3.05, 3.63) is 77.0 Å². The summed E-state index contributed by atoms with van der Waals surface area (Å²) in [7, 11) is 0. The second kappa shape index (κ2) is 9.24. The topological polar surface area (TPSA) is 57.7 Å². The van der Waals surface area contributed by atoms with Crippen molar-refractivity contribution < 1.29 is 9.53 Å². The maximum atomic E-state index is 12.8. The highest BCUT2D eigenvalue weighted by Crippen LogP contribution is 2.33. The third-order valence-corrected chi connectivity index (χ3v) is 5.36. The van der Waals surface area contributed by atoms with Crippen LogP contribution in [-0.4, -0.2) is 42.1 Å². The zero-order valence-corrected chi connectivity index (χ0v) is 17.6. The average molecular weight is 443 g/mol. The number of benzene rings is 2. The van der Waals surface area contributed by atoms with Gasteiger partial charge in [-0.1, -0.05) is 53.5 Å². The quantitative estimate of drug-likeness (QED) is 0.576. The van der Waals surface area contributed by atoms with Gasteiger partial charge >= 0.3 is 6.03 Å². The lowest BCUT2D eigenvalue weighted by atomic mass is 10.2. The summed E-state index contributed by atoms with van der Waals surface area (Å²) in [6.45, 7) is 2.34. The lowest BCUT2D eigenvalue weighted by Crippen LogP contribution is -2.50. The Balaban J connectivity index is 1.40. The zero-order chi connectivity index (χ0) is 20.9. The van der Waals surface area contributed by atoms with Crippen LogP contribution in [0.2, 0.25) is 10.0 Å². The van der Waals surface area contributed by atoms with Crippen LogP contribution in [0.5, 0.6) is 11.5 Å². The van der Waals surface area contributed by atoms with Crippen LogP contribution in [0, 0.1) is 0 Å². The van der Waals surface area contributed by atoms with E-state index >= 15 is 0 Å². The Morgan fingerprint density at radius 1 is 0.900 bits per heavy atom. The summed E-state index contributed by atoms with van der Waals surface area (Å²) in [5.74, 6) is 1.30. The first-order chi connectivity index (χ1) is 14.6. The molecule has 0 unspecified atom stereocenters. The van der Waals surface area contributed by atoms with Gasteiger partial charge in [-0.2, -0.15) is 0 Å². The molecule has 0 radical (unpaired) electrons. The zero-order valence-electron chi connectivity index (χ0n) is 16.1. The Kier molecular flexibility index (Phi) is 6.26. The van der Waals surface area contributed by atoms with Crippen LogP contribution in [0.15, 0.2) is 67.0 Å². The first-order valence-electron chi connectivity index (χ1n) is 9.53. The second-order valence-electron chi connectivity index (χ2n) is 6.77. The molecule has 1 aromatic heterocycles. The number of halogens is 2. The third kappa shape index (κ3) is 4.61. The molecule has 1 aliphatic heterocycles. The summed E-state index contributed by atoms with van der Waals surface area (Å²) in [6.07, 6.45) is 3.15. The van der Waals surface area contributed by atoms with Gasteiger partial charge in [0.2, 0.25) is 0 Å². The first kappa shape index (κ1) is 20.3. The number of aromatic nitrogens is 1. The van der Waals surface area contributed by atoms with Crippen LogP contribution >= 0.6 is 23.2 Å². The van der Waals surface area contributed by atoms with Crippen LogP contribution < -0.4 is 15.0 Å². The number of piperazine rings is 1. The van der Waals surface area contributed by atoms with Crippen molar-refractivity contribution in [2.45, 2.75) is 0 Å². The van der Waals surface area contributed by atoms with E-state index in [9.17, 15) is 4.79 Å². The van der Waals surface area contributed by atoms with E-state index in [4.69, 9.17) is 27.9 Å². The smallest absolute Gasteiger partial charge is 0.322 e. The molecular weight excluding hydrogens is 423 g/mol. The number of carbonyl (C=O) groups excluding carboxylic acids is 1. The van der Waals surface area contributed by atoms with Crippen LogP contribution in [-0.2, 0) is 0 Å². The highest BCUT2D eigenvalue weighted by molar-refractivity contribution is 6.38. The van der Waals surface area contributed by atoms with E-state index in [1.165, 1.54) is 0 Å². The van der Waals surface area contributed by atoms with E-state index in [1.807, 2.05) is 54.6 Å². The van der Waals surface area contributed by atoms with Crippen LogP contribution in [0.4, 0.5) is 16.2 Å². The Hall–Kier alpha value is -2.96. The Labute approximate surface area is 185 Å². The Bertz CT molecular complexity index is 1000. The van der Waals surface area contributed by atoms with Gasteiger partial charge in [0.25, 0.3) is 0 Å². The lowest BCUT2D eigenvalue weighted by molar-refractivity contribution is 0.208. The number of anilines is 2. The fraction of sp³-hybridized carbons (Fsp3) is 0.182. The molecule has 0 aliphatic carbocycles. The summed E-state index contributed by atoms with van der Waals surface area (Å²) in [5.41, 5.74) is 1.38. The number of hydrogen-bond acceptors (Lipinski definition) is 4. The molecule has 2 aromatic carbocycles. The van der Waals surface area contributed by atoms with Gasteiger partial charge in [0.05, 0.1) is 21.4 Å². The van der Waals surface area contributed by atoms with E-state index in [0.717, 1.165) is 5.69 Å². The normalized spacial score (nSPS) is 13.8. The number of nitrogens with one attached hydrogen (secondary N) is 1. The van der Waals surface area contributed by atoms with Crippen molar-refractivity contribution in [2.75, 3.05) is 36.4 Å². The fourth-order valence-corrected chi connectivity index (χ4v) is 3.91. The minimum Gasteiger partial charge on any atom is -0.455 e. The largest absolute Gasteiger partial charge is 0.455 e. The van der Waals surface area contributed by atoms with Crippen molar-refractivity contribution >= 4 is 40.6 Å². The summed E-state index contributed by atoms with van der Waals surface area (Å²) < 4.78 is 5.92. The molecule has 0 bridgehead atoms. The molecule has 1 N–H and O–H groups in total. The molecule has 1 fully saturated rings. The number of carbonyl (C=O) groups is 1. The molecule has 4 rings (SSSR count). The molecule has 154 valence electrons. The van der Waals surface area contributed by atoms with Gasteiger partial charge in [-0.3, -0.25) is 4.98 Å². The number of ether oxygens (including phenoxy) is 1. The minimum absolute atomic E-state index is 0.175. The summed E-state index contributed by atoms with van der Waals surface area (Å²) in [6, 6.07) is 16.7. The second-order valence-corrected chi connectivity index (χ2v) is 7.58. The molecule has 0 saturated carbocycles. The number of para-hydroxylation sites is 3. The maximum Gasteiger partial charge on any atom is 0.322 e. The van der Waals surface area contributed by atoms with Crippen LogP contribution in [0.3, 0.4) is 0 Å².